The van der Waals surface area contributed by atoms with E-state index in [2.05, 4.69) is 0 Å². The quantitative estimate of drug-likeness (QED) is 0.473. The molecule has 0 fully saturated rings. The predicted molar refractivity (Wildman–Crippen MR) is 27.5 cm³/mol. The molecule has 4 nitrogen and oxygen atoms in total. The molecule has 0 saturated heterocycles. The maximum atomic E-state index is 8.12. The van der Waals surface area contributed by atoms with E-state index in [1.165, 1.54) is 0 Å². The van der Waals surface area contributed by atoms with E-state index in [-0.39, 0.29) is 25.8 Å². The van der Waals surface area contributed by atoms with E-state index < -0.39 is 0 Å². The van der Waals surface area contributed by atoms with Gasteiger partial charge in [0.05, 0.1) is 0 Å². The Kier molecular flexibility index (Phi) is 3680. The predicted octanol–water partition coefficient (Wildman–Crippen LogP) is -0.494. The summed E-state index contributed by atoms with van der Waals surface area (Å²) in [5.74, 6) is 0. The summed E-state index contributed by atoms with van der Waals surface area (Å²) in [7, 11) is 0. The molecule has 3 N–H and O–H groups in total. The van der Waals surface area contributed by atoms with E-state index in [0.717, 1.165) is 0 Å². The molecule has 0 saturated carbocycles. The lowest BCUT2D eigenvalue weighted by molar-refractivity contribution is -0.191. The second kappa shape index (κ2) is 786. The summed E-state index contributed by atoms with van der Waals surface area (Å²) in [5.41, 5.74) is 0. The van der Waals surface area contributed by atoms with Crippen LogP contribution < -0.4 is 6.15 Å². The van der Waals surface area contributed by atoms with Crippen LogP contribution >= 0.6 is 13.5 Å². The normalized spacial score (nSPS) is 1.71. The largest absolute Gasteiger partial charge is 0.373 e. The third-order valence-electron chi connectivity index (χ3n) is 0. The average molecular weight is 125 g/mol. The van der Waals surface area contributed by atoms with E-state index in [0.29, 0.717) is 0 Å². The molecular weight excluding hydrogens is 118 g/mol. The van der Waals surface area contributed by atoms with Gasteiger partial charge in [0.25, 0.3) is 0 Å². The van der Waals surface area contributed by atoms with Gasteiger partial charge < -0.3 is 10.9 Å². The minimum Gasteiger partial charge on any atom is -0.344 e. The van der Waals surface area contributed by atoms with Crippen molar-refractivity contribution in [3.63, 3.8) is 0 Å². The summed E-state index contributed by atoms with van der Waals surface area (Å²) in [4.78, 5) is 24.2. The van der Waals surface area contributed by atoms with Crippen molar-refractivity contribution in [3.8, 4) is 0 Å². The molecule has 0 rings (SSSR count). The maximum absolute atomic E-state index is 8.12. The molecule has 0 spiro atoms. The summed E-state index contributed by atoms with van der Waals surface area (Å²) in [6.07, 6.45) is 0.250. The second-order valence-electron chi connectivity index (χ2n) is 0.0833. The van der Waals surface area contributed by atoms with Crippen molar-refractivity contribution in [1.82, 2.24) is 6.15 Å². The third kappa shape index (κ3) is 148. The first-order valence-corrected chi connectivity index (χ1v) is 0.697. The zero-order valence-electron chi connectivity index (χ0n) is 3.64. The number of carbonyl (C=O) groups excluding carboxylic acids is 3. The zero-order valence-corrected chi connectivity index (χ0v) is 4.64. The summed E-state index contributed by atoms with van der Waals surface area (Å²) in [5, 5.41) is 0. The van der Waals surface area contributed by atoms with Gasteiger partial charge in [-0.05, 0) is 0 Å². The molecular formula is C2H7NO3S. The lowest BCUT2D eigenvalue weighted by atomic mass is 11.8. The van der Waals surface area contributed by atoms with Crippen molar-refractivity contribution in [2.24, 2.45) is 0 Å². The molecule has 0 heterocycles. The smallest absolute Gasteiger partial charge is 0.344 e. The van der Waals surface area contributed by atoms with E-state index >= 15 is 0 Å². The molecule has 0 aliphatic rings. The minimum absolute atomic E-state index is 0. The van der Waals surface area contributed by atoms with E-state index in [1.807, 2.05) is 6.79 Å². The molecule has 0 atom stereocenters. The monoisotopic (exact) mass is 125 g/mol. The highest BCUT2D eigenvalue weighted by Gasteiger charge is 1.13. The molecule has 5 heteroatoms. The first-order chi connectivity index (χ1) is 2.41. The molecule has 0 aromatic carbocycles. The van der Waals surface area contributed by atoms with Crippen molar-refractivity contribution >= 4 is 26.4 Å². The first-order valence-electron chi connectivity index (χ1n) is 0.697. The number of carbonyl (C=O) groups is 1. The van der Waals surface area contributed by atoms with Crippen LogP contribution in [0, 0.1) is 0 Å². The topological polar surface area (TPSA) is 86.2 Å². The fraction of sp³-hybridized carbons (Fsp3) is 0. The van der Waals surface area contributed by atoms with Gasteiger partial charge in [-0.3, -0.25) is 0 Å². The van der Waals surface area contributed by atoms with Crippen molar-refractivity contribution in [2.45, 2.75) is 0 Å². The molecule has 44 valence electrons. The van der Waals surface area contributed by atoms with Crippen LogP contribution in [0.4, 0.5) is 0 Å². The lowest BCUT2D eigenvalue weighted by Gasteiger charge is -0.945. The fourth-order valence-corrected chi connectivity index (χ4v) is 0. The molecule has 0 aliphatic heterocycles. The summed E-state index contributed by atoms with van der Waals surface area (Å²) >= 11 is 0. The molecule has 0 aromatic heterocycles. The number of hydrogen-bond donors (Lipinski definition) is 1. The van der Waals surface area contributed by atoms with Crippen molar-refractivity contribution < 1.29 is 14.4 Å². The summed E-state index contributed by atoms with van der Waals surface area (Å²) in [6, 6.07) is 0. The van der Waals surface area contributed by atoms with Gasteiger partial charge in [0.15, 0.2) is 0 Å². The number of hydrogen-bond acceptors (Lipinski definition) is 4. The molecule has 0 unspecified atom stereocenters. The Bertz CT molecular complexity index is 42.2. The van der Waals surface area contributed by atoms with Gasteiger partial charge in [-0.1, -0.05) is 0 Å². The zero-order chi connectivity index (χ0) is 4.71. The summed E-state index contributed by atoms with van der Waals surface area (Å²) in [6.45, 7) is 2.00. The minimum atomic E-state index is 0. The van der Waals surface area contributed by atoms with Crippen LogP contribution in [0.3, 0.4) is 0 Å². The van der Waals surface area contributed by atoms with Crippen molar-refractivity contribution in [1.29, 1.82) is 0 Å². The van der Waals surface area contributed by atoms with Gasteiger partial charge >= 0.3 is 6.15 Å². The van der Waals surface area contributed by atoms with Gasteiger partial charge in [-0.2, -0.15) is 23.1 Å². The second-order valence-corrected chi connectivity index (χ2v) is 0.0833. The van der Waals surface area contributed by atoms with Gasteiger partial charge in [0, 0.05) is 0 Å². The van der Waals surface area contributed by atoms with Gasteiger partial charge in [0.2, 0.25) is 0 Å². The SMILES string of the molecule is C=O.N.O=C=O.S. The van der Waals surface area contributed by atoms with Crippen LogP contribution in [0.25, 0.3) is 0 Å². The molecule has 0 bridgehead atoms. The Balaban J connectivity index is -0.0000000105. The average Bonchev–Trinajstić information content (AvgIpc) is 1.46. The summed E-state index contributed by atoms with van der Waals surface area (Å²) < 4.78 is 0. The molecule has 7 heavy (non-hydrogen) atoms. The standard InChI is InChI=1S/CO2.CH2O.H3N.H2S/c2-1-3;1-2;;/h;1H2;1H3;1H2. The number of rotatable bonds is 0. The fourth-order valence-electron chi connectivity index (χ4n) is 0. The molecule has 0 aliphatic carbocycles. The maximum Gasteiger partial charge on any atom is 0.373 e. The van der Waals surface area contributed by atoms with Gasteiger partial charge in [-0.15, -0.1) is 0 Å². The Morgan fingerprint density at radius 1 is 1.14 bits per heavy atom. The van der Waals surface area contributed by atoms with Crippen molar-refractivity contribution in [3.05, 3.63) is 0 Å². The first kappa shape index (κ1) is 32.8. The van der Waals surface area contributed by atoms with Crippen LogP contribution in [-0.2, 0) is 14.4 Å². The highest BCUT2D eigenvalue weighted by molar-refractivity contribution is 7.59. The van der Waals surface area contributed by atoms with Gasteiger partial charge in [-0.25, -0.2) is 0 Å². The van der Waals surface area contributed by atoms with Gasteiger partial charge in [0.1, 0.15) is 6.79 Å². The molecule has 0 aromatic rings. The Labute approximate surface area is 47.9 Å². The van der Waals surface area contributed by atoms with Crippen LogP contribution in [0.2, 0.25) is 0 Å². The lowest BCUT2D eigenvalue weighted by Crippen LogP contribution is -1.22. The van der Waals surface area contributed by atoms with E-state index in [9.17, 15) is 0 Å². The van der Waals surface area contributed by atoms with E-state index in [4.69, 9.17) is 14.4 Å². The van der Waals surface area contributed by atoms with Crippen molar-refractivity contribution in [2.75, 3.05) is 0 Å². The molecule has 0 amide bonds. The van der Waals surface area contributed by atoms with Crippen LogP contribution in [-0.4, -0.2) is 12.9 Å². The third-order valence-corrected chi connectivity index (χ3v) is 0. The van der Waals surface area contributed by atoms with Crippen LogP contribution in [0.5, 0.6) is 0 Å². The molecule has 0 radical (unpaired) electrons. The Hall–Kier alpha value is -0.640. The highest BCUT2D eigenvalue weighted by Crippen LogP contribution is 0.787. The van der Waals surface area contributed by atoms with Crippen LogP contribution in [0.1, 0.15) is 0 Å². The Morgan fingerprint density at radius 3 is 1.14 bits per heavy atom. The van der Waals surface area contributed by atoms with Crippen LogP contribution in [0.15, 0.2) is 0 Å². The highest BCUT2D eigenvalue weighted by atomic mass is 32.1. The van der Waals surface area contributed by atoms with E-state index in [1.54, 1.807) is 0 Å². The Morgan fingerprint density at radius 2 is 1.14 bits per heavy atom.